The molecule has 3 N–H and O–H groups in total. The molecule has 0 radical (unpaired) electrons. The Morgan fingerprint density at radius 3 is 2.62 bits per heavy atom. The molecule has 1 aromatic carbocycles. The van der Waals surface area contributed by atoms with E-state index in [9.17, 15) is 14.4 Å². The van der Waals surface area contributed by atoms with Crippen molar-refractivity contribution < 1.29 is 19.1 Å². The van der Waals surface area contributed by atoms with Crippen molar-refractivity contribution in [1.82, 2.24) is 20.8 Å². The number of benzene rings is 1. The summed E-state index contributed by atoms with van der Waals surface area (Å²) in [4.78, 5) is 34.9. The molecule has 3 amide bonds. The van der Waals surface area contributed by atoms with Crippen molar-refractivity contribution in [3.63, 3.8) is 0 Å². The van der Waals surface area contributed by atoms with Gasteiger partial charge in [-0.15, -0.1) is 10.2 Å². The van der Waals surface area contributed by atoms with Gasteiger partial charge in [0.15, 0.2) is 0 Å². The van der Waals surface area contributed by atoms with E-state index in [2.05, 4.69) is 26.1 Å². The van der Waals surface area contributed by atoms with Crippen LogP contribution in [0, 0.1) is 0 Å². The number of anilines is 1. The number of ether oxygens (including phenoxy) is 1. The van der Waals surface area contributed by atoms with Gasteiger partial charge in [0.1, 0.15) is 5.01 Å². The van der Waals surface area contributed by atoms with E-state index in [4.69, 9.17) is 4.74 Å². The maximum Gasteiger partial charge on any atom is 0.315 e. The Labute approximate surface area is 154 Å². The minimum absolute atomic E-state index is 0.101. The highest BCUT2D eigenvalue weighted by Crippen LogP contribution is 2.13. The molecule has 2 aromatic rings. The van der Waals surface area contributed by atoms with Crippen LogP contribution in [0.3, 0.4) is 0 Å². The molecule has 0 unspecified atom stereocenters. The highest BCUT2D eigenvalue weighted by Gasteiger charge is 2.13. The second kappa shape index (κ2) is 10.1. The molecule has 0 spiro atoms. The minimum Gasteiger partial charge on any atom is -0.466 e. The summed E-state index contributed by atoms with van der Waals surface area (Å²) in [5.74, 6) is -0.732. The minimum atomic E-state index is -0.445. The van der Waals surface area contributed by atoms with Crippen molar-refractivity contribution >= 4 is 34.9 Å². The van der Waals surface area contributed by atoms with Crippen LogP contribution >= 0.6 is 11.3 Å². The third-order valence-corrected chi connectivity index (χ3v) is 3.93. The normalized spacial score (nSPS) is 10.0. The van der Waals surface area contributed by atoms with Crippen molar-refractivity contribution in [3.8, 4) is 0 Å². The SMILES string of the molecule is CCOC(=O)CCNC(=O)NCc1nnc(C(=O)Nc2ccccc2)s1. The van der Waals surface area contributed by atoms with E-state index in [0.717, 1.165) is 11.3 Å². The van der Waals surface area contributed by atoms with Gasteiger partial charge in [0.25, 0.3) is 5.91 Å². The first-order valence-corrected chi connectivity index (χ1v) is 8.76. The lowest BCUT2D eigenvalue weighted by atomic mass is 10.3. The van der Waals surface area contributed by atoms with Crippen LogP contribution in [0.1, 0.15) is 28.2 Å². The van der Waals surface area contributed by atoms with Crippen LogP contribution in [0.2, 0.25) is 0 Å². The predicted octanol–water partition coefficient (Wildman–Crippen LogP) is 1.54. The molecule has 0 saturated heterocycles. The molecule has 0 aliphatic carbocycles. The van der Waals surface area contributed by atoms with Crippen LogP contribution in [0.25, 0.3) is 0 Å². The average Bonchev–Trinajstić information content (AvgIpc) is 3.10. The van der Waals surface area contributed by atoms with Gasteiger partial charge in [0.2, 0.25) is 5.01 Å². The number of esters is 1. The number of amides is 3. The molecule has 0 fully saturated rings. The molecule has 0 atom stereocenters. The highest BCUT2D eigenvalue weighted by molar-refractivity contribution is 7.13. The first-order valence-electron chi connectivity index (χ1n) is 7.94. The van der Waals surface area contributed by atoms with Crippen LogP contribution in [0.4, 0.5) is 10.5 Å². The Hall–Kier alpha value is -3.01. The third-order valence-electron chi connectivity index (χ3n) is 3.01. The molecule has 1 heterocycles. The van der Waals surface area contributed by atoms with E-state index in [-0.39, 0.29) is 36.4 Å². The quantitative estimate of drug-likeness (QED) is 0.600. The Bertz CT molecular complexity index is 750. The molecule has 0 bridgehead atoms. The topological polar surface area (TPSA) is 122 Å². The first-order chi connectivity index (χ1) is 12.6. The number of carbonyl (C=O) groups excluding carboxylic acids is 3. The second-order valence-corrected chi connectivity index (χ2v) is 6.05. The van der Waals surface area contributed by atoms with Crippen LogP contribution in [-0.4, -0.2) is 41.3 Å². The van der Waals surface area contributed by atoms with Gasteiger partial charge in [0, 0.05) is 12.2 Å². The predicted molar refractivity (Wildman–Crippen MR) is 95.8 cm³/mol. The Kier molecular flexibility index (Phi) is 7.49. The summed E-state index contributed by atoms with van der Waals surface area (Å²) in [5.41, 5.74) is 0.661. The van der Waals surface area contributed by atoms with Gasteiger partial charge in [-0.3, -0.25) is 9.59 Å². The fourth-order valence-electron chi connectivity index (χ4n) is 1.85. The number of nitrogens with one attached hydrogen (secondary N) is 3. The first kappa shape index (κ1) is 19.3. The molecular weight excluding hydrogens is 358 g/mol. The van der Waals surface area contributed by atoms with E-state index >= 15 is 0 Å². The van der Waals surface area contributed by atoms with Gasteiger partial charge >= 0.3 is 12.0 Å². The van der Waals surface area contributed by atoms with Crippen molar-refractivity contribution in [2.24, 2.45) is 0 Å². The van der Waals surface area contributed by atoms with Crippen molar-refractivity contribution in [1.29, 1.82) is 0 Å². The van der Waals surface area contributed by atoms with Gasteiger partial charge in [-0.05, 0) is 19.1 Å². The van der Waals surface area contributed by atoms with E-state index in [1.165, 1.54) is 0 Å². The van der Waals surface area contributed by atoms with Gasteiger partial charge in [-0.25, -0.2) is 4.79 Å². The van der Waals surface area contributed by atoms with Crippen LogP contribution in [0.15, 0.2) is 30.3 Å². The van der Waals surface area contributed by atoms with E-state index in [1.807, 2.05) is 18.2 Å². The summed E-state index contributed by atoms with van der Waals surface area (Å²) < 4.78 is 4.76. The molecule has 138 valence electrons. The second-order valence-electron chi connectivity index (χ2n) is 4.99. The number of urea groups is 1. The highest BCUT2D eigenvalue weighted by atomic mass is 32.1. The maximum atomic E-state index is 12.1. The summed E-state index contributed by atoms with van der Waals surface area (Å²) in [6.07, 6.45) is 0.101. The maximum absolute atomic E-state index is 12.1. The Morgan fingerprint density at radius 1 is 1.12 bits per heavy atom. The number of aromatic nitrogens is 2. The molecule has 1 aromatic heterocycles. The number of hydrogen-bond donors (Lipinski definition) is 3. The molecule has 0 aliphatic heterocycles. The summed E-state index contributed by atoms with van der Waals surface area (Å²) in [7, 11) is 0. The van der Waals surface area contributed by atoms with Crippen molar-refractivity contribution in [2.75, 3.05) is 18.5 Å². The number of carbonyl (C=O) groups is 3. The Morgan fingerprint density at radius 2 is 1.88 bits per heavy atom. The zero-order valence-electron chi connectivity index (χ0n) is 14.2. The lowest BCUT2D eigenvalue weighted by Gasteiger charge is -2.05. The van der Waals surface area contributed by atoms with Crippen molar-refractivity contribution in [3.05, 3.63) is 40.3 Å². The molecule has 0 saturated carbocycles. The third kappa shape index (κ3) is 6.48. The number of hydrogen-bond acceptors (Lipinski definition) is 7. The van der Waals surface area contributed by atoms with E-state index < -0.39 is 6.03 Å². The largest absolute Gasteiger partial charge is 0.466 e. The fraction of sp³-hybridized carbons (Fsp3) is 0.312. The number of rotatable bonds is 8. The van der Waals surface area contributed by atoms with Gasteiger partial charge < -0.3 is 20.7 Å². The van der Waals surface area contributed by atoms with Crippen LogP contribution in [0.5, 0.6) is 0 Å². The van der Waals surface area contributed by atoms with Gasteiger partial charge in [0.05, 0.1) is 19.6 Å². The fourth-order valence-corrected chi connectivity index (χ4v) is 2.53. The van der Waals surface area contributed by atoms with E-state index in [0.29, 0.717) is 17.3 Å². The molecule has 9 nitrogen and oxygen atoms in total. The lowest BCUT2D eigenvalue weighted by molar-refractivity contribution is -0.142. The number of para-hydroxylation sites is 1. The van der Waals surface area contributed by atoms with Gasteiger partial charge in [-0.1, -0.05) is 29.5 Å². The van der Waals surface area contributed by atoms with Crippen molar-refractivity contribution in [2.45, 2.75) is 19.9 Å². The average molecular weight is 377 g/mol. The monoisotopic (exact) mass is 377 g/mol. The molecule has 0 aliphatic rings. The Balaban J connectivity index is 1.73. The molecule has 2 rings (SSSR count). The summed E-state index contributed by atoms with van der Waals surface area (Å²) >= 11 is 1.09. The summed E-state index contributed by atoms with van der Waals surface area (Å²) in [6.45, 7) is 2.32. The zero-order chi connectivity index (χ0) is 18.8. The van der Waals surface area contributed by atoms with Crippen LogP contribution < -0.4 is 16.0 Å². The smallest absolute Gasteiger partial charge is 0.315 e. The molecular formula is C16H19N5O4S. The van der Waals surface area contributed by atoms with Crippen LogP contribution in [-0.2, 0) is 16.1 Å². The zero-order valence-corrected chi connectivity index (χ0v) is 15.0. The molecule has 10 heteroatoms. The van der Waals surface area contributed by atoms with Gasteiger partial charge in [-0.2, -0.15) is 0 Å². The summed E-state index contributed by atoms with van der Waals surface area (Å²) in [6, 6.07) is 8.56. The van der Waals surface area contributed by atoms with E-state index in [1.54, 1.807) is 19.1 Å². The lowest BCUT2D eigenvalue weighted by Crippen LogP contribution is -2.36. The molecule has 26 heavy (non-hydrogen) atoms. The summed E-state index contributed by atoms with van der Waals surface area (Å²) in [5, 5.41) is 16.2. The standard InChI is InChI=1S/C16H19N5O4S/c1-2-25-13(22)8-9-17-16(24)18-10-12-20-21-15(26-12)14(23)19-11-6-4-3-5-7-11/h3-7H,2,8-10H2,1H3,(H,19,23)(H2,17,18,24). The number of nitrogens with zero attached hydrogens (tertiary/aromatic N) is 2.